The molecule has 0 amide bonds. The third-order valence-electron chi connectivity index (χ3n) is 9.29. The molecule has 0 saturated heterocycles. The quantitative estimate of drug-likeness (QED) is 0.189. The number of fused-ring (bicyclic) bond motifs is 15. The Balaban J connectivity index is 1.41. The molecule has 218 valence electrons. The minimum absolute atomic E-state index is 0.0201. The van der Waals surface area contributed by atoms with Crippen LogP contribution in [0.15, 0.2) is 139 Å². The molecule has 5 heteroatoms. The van der Waals surface area contributed by atoms with E-state index in [0.29, 0.717) is 10.6 Å². The molecule has 0 aliphatic heterocycles. The van der Waals surface area contributed by atoms with Crippen LogP contribution >= 0.6 is 22.7 Å². The monoisotopic (exact) mass is 638 g/mol. The SMILES string of the molecule is [2H]c1c([2H])c([2H])c(-c2nc(-n3c4ccccc4c4c5c6ccccc6sc5c5ccccc5c43)c3c(n2)sc2c4ccccc4ccc23)c([2H])c1[2H]. The van der Waals surface area contributed by atoms with Crippen LogP contribution in [0, 0.1) is 0 Å². The van der Waals surface area contributed by atoms with Gasteiger partial charge in [0.1, 0.15) is 4.83 Å². The van der Waals surface area contributed by atoms with Gasteiger partial charge >= 0.3 is 0 Å². The first-order valence-corrected chi connectivity index (χ1v) is 17.0. The van der Waals surface area contributed by atoms with Gasteiger partial charge in [0.25, 0.3) is 0 Å². The summed E-state index contributed by atoms with van der Waals surface area (Å²) in [7, 11) is 0. The van der Waals surface area contributed by atoms with Crippen LogP contribution in [0.4, 0.5) is 0 Å². The molecule has 0 aliphatic carbocycles. The van der Waals surface area contributed by atoms with Gasteiger partial charge in [-0.15, -0.1) is 22.7 Å². The van der Waals surface area contributed by atoms with Crippen molar-refractivity contribution >= 4 is 106 Å². The molecule has 0 aliphatic rings. The van der Waals surface area contributed by atoms with E-state index in [-0.39, 0.29) is 23.5 Å². The van der Waals surface area contributed by atoms with Crippen molar-refractivity contribution in [2.45, 2.75) is 0 Å². The number of rotatable bonds is 2. The van der Waals surface area contributed by atoms with Gasteiger partial charge in [0.15, 0.2) is 11.6 Å². The van der Waals surface area contributed by atoms with E-state index < -0.39 is 18.1 Å². The van der Waals surface area contributed by atoms with Crippen LogP contribution < -0.4 is 0 Å². The van der Waals surface area contributed by atoms with Gasteiger partial charge in [-0.1, -0.05) is 127 Å². The topological polar surface area (TPSA) is 30.7 Å². The molecule has 11 aromatic rings. The molecule has 3 nitrogen and oxygen atoms in total. The minimum atomic E-state index is -0.450. The molecule has 4 aromatic heterocycles. The van der Waals surface area contributed by atoms with E-state index in [2.05, 4.69) is 95.6 Å². The van der Waals surface area contributed by atoms with Gasteiger partial charge in [-0.2, -0.15) is 0 Å². The predicted octanol–water partition coefficient (Wildman–Crippen LogP) is 12.3. The minimum Gasteiger partial charge on any atom is -0.292 e. The molecular weight excluding hydrogens is 611 g/mol. The first-order valence-electron chi connectivity index (χ1n) is 17.9. The van der Waals surface area contributed by atoms with Gasteiger partial charge in [0, 0.05) is 57.4 Å². The molecule has 11 rings (SSSR count). The fourth-order valence-electron chi connectivity index (χ4n) is 7.36. The third kappa shape index (κ3) is 3.45. The van der Waals surface area contributed by atoms with Crippen molar-refractivity contribution < 1.29 is 6.85 Å². The van der Waals surface area contributed by atoms with Crippen LogP contribution in [0.1, 0.15) is 6.85 Å². The summed E-state index contributed by atoms with van der Waals surface area (Å²) in [4.78, 5) is 11.0. The Morgan fingerprint density at radius 1 is 0.532 bits per heavy atom. The summed E-state index contributed by atoms with van der Waals surface area (Å²) in [5, 5.41) is 10.9. The highest BCUT2D eigenvalue weighted by molar-refractivity contribution is 7.27. The zero-order valence-corrected chi connectivity index (χ0v) is 26.2. The van der Waals surface area contributed by atoms with Gasteiger partial charge in [-0.05, 0) is 22.9 Å². The summed E-state index contributed by atoms with van der Waals surface area (Å²) in [6.45, 7) is 0. The average molecular weight is 639 g/mol. The number of hydrogen-bond acceptors (Lipinski definition) is 4. The van der Waals surface area contributed by atoms with Crippen LogP contribution in [-0.2, 0) is 0 Å². The summed E-state index contributed by atoms with van der Waals surface area (Å²) < 4.78 is 48.8. The van der Waals surface area contributed by atoms with E-state index in [9.17, 15) is 0 Å². The summed E-state index contributed by atoms with van der Waals surface area (Å²) in [6, 6.07) is 36.1. The first kappa shape index (κ1) is 21.2. The maximum Gasteiger partial charge on any atom is 0.163 e. The van der Waals surface area contributed by atoms with Crippen LogP contribution in [0.5, 0.6) is 0 Å². The van der Waals surface area contributed by atoms with Crippen molar-refractivity contribution in [2.24, 2.45) is 0 Å². The number of thiophene rings is 2. The van der Waals surface area contributed by atoms with E-state index in [1.165, 1.54) is 31.5 Å². The number of aromatic nitrogens is 3. The van der Waals surface area contributed by atoms with Crippen LogP contribution in [0.3, 0.4) is 0 Å². The lowest BCUT2D eigenvalue weighted by molar-refractivity contribution is 1.08. The smallest absolute Gasteiger partial charge is 0.163 e. The lowest BCUT2D eigenvalue weighted by atomic mass is 10.00. The normalized spacial score (nSPS) is 13.7. The Hall–Kier alpha value is -5.62. The molecule has 7 aromatic carbocycles. The summed E-state index contributed by atoms with van der Waals surface area (Å²) in [6.07, 6.45) is 0. The van der Waals surface area contributed by atoms with Crippen molar-refractivity contribution in [1.82, 2.24) is 14.5 Å². The first-order chi connectivity index (χ1) is 25.4. The second kappa shape index (κ2) is 9.46. The number of hydrogen-bond donors (Lipinski definition) is 0. The molecule has 0 spiro atoms. The van der Waals surface area contributed by atoms with Gasteiger partial charge in [-0.25, -0.2) is 9.97 Å². The molecule has 0 bridgehead atoms. The van der Waals surface area contributed by atoms with Crippen molar-refractivity contribution in [3.05, 3.63) is 139 Å². The van der Waals surface area contributed by atoms with Crippen LogP contribution in [0.2, 0.25) is 0 Å². The van der Waals surface area contributed by atoms with E-state index in [4.69, 9.17) is 16.8 Å². The zero-order valence-electron chi connectivity index (χ0n) is 29.6. The predicted molar refractivity (Wildman–Crippen MR) is 203 cm³/mol. The molecular formula is C42H23N3S2. The van der Waals surface area contributed by atoms with E-state index in [1.54, 1.807) is 0 Å². The number of benzene rings is 7. The Morgan fingerprint density at radius 3 is 2.13 bits per heavy atom. The molecule has 0 unspecified atom stereocenters. The molecule has 0 atom stereocenters. The largest absolute Gasteiger partial charge is 0.292 e. The second-order valence-electron chi connectivity index (χ2n) is 11.7. The summed E-state index contributed by atoms with van der Waals surface area (Å²) in [5.41, 5.74) is 1.94. The standard InChI is InChI=1S/C42H23N3S2/c1-2-13-25(14-3-1)40-43-41(36-31-23-22-24-12-4-5-15-26(24)38(31)47-42(36)44-40)45-32-20-10-8-18-29(32)34-35-30-19-9-11-21-33(30)46-39(35)28-17-7-6-16-27(28)37(34)45/h1-23H/i1D,2D,3D,13D,14D. The molecule has 0 saturated carbocycles. The molecule has 4 heterocycles. The maximum atomic E-state index is 8.91. The van der Waals surface area contributed by atoms with Gasteiger partial charge in [0.05, 0.1) is 23.3 Å². The molecule has 0 radical (unpaired) electrons. The van der Waals surface area contributed by atoms with Crippen LogP contribution in [-0.4, -0.2) is 14.5 Å². The van der Waals surface area contributed by atoms with Gasteiger partial charge in [0.2, 0.25) is 0 Å². The Bertz CT molecular complexity index is 3350. The van der Waals surface area contributed by atoms with E-state index in [1.807, 2.05) is 29.5 Å². The lowest BCUT2D eigenvalue weighted by Crippen LogP contribution is -2.02. The van der Waals surface area contributed by atoms with Crippen LogP contribution in [0.25, 0.3) is 101 Å². The Kier molecular flexibility index (Phi) is 4.27. The van der Waals surface area contributed by atoms with Crippen molar-refractivity contribution in [1.29, 1.82) is 0 Å². The highest BCUT2D eigenvalue weighted by Crippen LogP contribution is 2.49. The van der Waals surface area contributed by atoms with Gasteiger partial charge in [-0.3, -0.25) is 4.57 Å². The highest BCUT2D eigenvalue weighted by Gasteiger charge is 2.25. The Morgan fingerprint density at radius 2 is 1.26 bits per heavy atom. The van der Waals surface area contributed by atoms with Crippen molar-refractivity contribution in [3.8, 4) is 17.2 Å². The Labute approximate surface area is 283 Å². The van der Waals surface area contributed by atoms with Gasteiger partial charge < -0.3 is 0 Å². The summed E-state index contributed by atoms with van der Waals surface area (Å²) in [5.74, 6) is 0.691. The third-order valence-corrected chi connectivity index (χ3v) is 11.6. The highest BCUT2D eigenvalue weighted by atomic mass is 32.1. The molecule has 0 fully saturated rings. The lowest BCUT2D eigenvalue weighted by Gasteiger charge is -2.13. The number of para-hydroxylation sites is 1. The fraction of sp³-hybridized carbons (Fsp3) is 0. The van der Waals surface area contributed by atoms with E-state index in [0.717, 1.165) is 58.8 Å². The number of nitrogens with zero attached hydrogens (tertiary/aromatic N) is 3. The average Bonchev–Trinajstić information content (AvgIpc) is 3.86. The maximum absolute atomic E-state index is 8.91. The zero-order chi connectivity index (χ0) is 35.0. The van der Waals surface area contributed by atoms with Crippen molar-refractivity contribution in [2.75, 3.05) is 0 Å². The molecule has 47 heavy (non-hydrogen) atoms. The summed E-state index contributed by atoms with van der Waals surface area (Å²) >= 11 is 3.35. The van der Waals surface area contributed by atoms with Crippen molar-refractivity contribution in [3.63, 3.8) is 0 Å². The second-order valence-corrected chi connectivity index (χ2v) is 13.8. The molecule has 0 N–H and O–H groups in total. The fourth-order valence-corrected chi connectivity index (χ4v) is 9.81. The van der Waals surface area contributed by atoms with E-state index >= 15 is 0 Å².